The molecule has 0 amide bonds. The molecule has 11 heteroatoms. The quantitative estimate of drug-likeness (QED) is 0.0146. The van der Waals surface area contributed by atoms with Crippen molar-refractivity contribution < 1.29 is 56.7 Å². The summed E-state index contributed by atoms with van der Waals surface area (Å²) in [6.45, 7) is 12.7. The molecule has 0 bridgehead atoms. The molecular formula is C115H186N2NiO8. The minimum atomic E-state index is -1.29. The number of aryl methyl sites for hydroxylation is 4. The first-order valence-electron chi connectivity index (χ1n) is 52.8. The van der Waals surface area contributed by atoms with Crippen LogP contribution in [0.25, 0.3) is 0 Å². The van der Waals surface area contributed by atoms with Crippen molar-refractivity contribution in [2.24, 2.45) is 9.98 Å². The summed E-state index contributed by atoms with van der Waals surface area (Å²) in [7, 11) is 0. The van der Waals surface area contributed by atoms with Gasteiger partial charge in [-0.1, -0.05) is 499 Å². The minimum Gasteiger partial charge on any atom is -0.869 e. The van der Waals surface area contributed by atoms with E-state index in [4.69, 9.17) is 30.4 Å². The molecule has 0 spiro atoms. The molecule has 0 unspecified atom stereocenters. The monoisotopic (exact) mass is 1780 g/mol. The Balaban J connectivity index is 0.00000248. The SMILES string of the molecule is CCCCCCCCCCCCCCCCCCCCCC=CC(=Nc1ccccc1CCC#CCCCCCCCCCCCCCCCCCCCCCCCC)C(CCCC)=Nc1ccccc1CCC#CCCCCCCCCCCCCCCCCCCCCCCCC.CCc1ccc(O)c([O-])c1C(=O)O.CCc1ccc(O)c([O-])c1C(=O)O.[Ni+2]. The van der Waals surface area contributed by atoms with Gasteiger partial charge in [0.1, 0.15) is 11.5 Å². The predicted octanol–water partition coefficient (Wildman–Crippen LogP) is 35.4. The zero-order valence-corrected chi connectivity index (χ0v) is 82.7. The van der Waals surface area contributed by atoms with Gasteiger partial charge in [0, 0.05) is 25.7 Å². The standard InChI is InChI=1S/C97H168N2.2C9H10O4.Ni/c1-5-9-13-16-19-22-25-28-31-34-37-40-42-44-46-48-51-53-56-59-62-65-68-71-74-77-84-92-86-80-82-89-94(92)98-96(88-12-8-4)97(91-79-76-73-70-67-64-61-58-55-50-39-36-33-30-27-24-21-18-15-11-7-3)99-95-90-83-81-87-93(95)85-78-75-72-69-66-63-60-57-54-52-49-47-45-43-41-38-35-32-29-26-23-20-17-14-10-6-2;2*1-2-5-3-4-6(10)8(11)7(5)9(12)13;/h79-83,86-87,89-91H,5-70,73,76-78,84-85,88H2,1-4H3;2*3-4,10-11H,2H2,1H3,(H,12,13);/q;;;+2/p-2. The molecule has 0 fully saturated rings. The number of hydrogen-bond acceptors (Lipinski definition) is 8. The van der Waals surface area contributed by atoms with Crippen LogP contribution in [0.3, 0.4) is 0 Å². The third-order valence-corrected chi connectivity index (χ3v) is 25.0. The Kier molecular flexibility index (Phi) is 82.2. The zero-order valence-electron chi connectivity index (χ0n) is 81.7. The number of carboxylic acid groups (broad SMARTS) is 2. The summed E-state index contributed by atoms with van der Waals surface area (Å²) in [6.07, 6.45) is 105. The van der Waals surface area contributed by atoms with Crippen molar-refractivity contribution >= 4 is 34.7 Å². The minimum absolute atomic E-state index is 0. The molecule has 0 atom stereocenters. The molecule has 714 valence electrons. The van der Waals surface area contributed by atoms with Gasteiger partial charge in [-0.3, -0.25) is 4.99 Å². The number of hydrogen-bond donors (Lipinski definition) is 4. The van der Waals surface area contributed by atoms with Crippen LogP contribution >= 0.6 is 0 Å². The number of phenols is 2. The van der Waals surface area contributed by atoms with E-state index in [1.165, 1.54) is 440 Å². The molecule has 0 saturated heterocycles. The van der Waals surface area contributed by atoms with Gasteiger partial charge in [-0.05, 0) is 117 Å². The van der Waals surface area contributed by atoms with Crippen molar-refractivity contribution in [1.82, 2.24) is 0 Å². The first-order valence-corrected chi connectivity index (χ1v) is 52.8. The molecule has 4 aromatic carbocycles. The second-order valence-electron chi connectivity index (χ2n) is 36.2. The van der Waals surface area contributed by atoms with Gasteiger partial charge in [-0.2, -0.15) is 0 Å². The number of para-hydroxylation sites is 2. The molecule has 0 aliphatic carbocycles. The second kappa shape index (κ2) is 88.0. The van der Waals surface area contributed by atoms with Crippen molar-refractivity contribution in [3.8, 4) is 46.7 Å². The number of rotatable bonds is 79. The fraction of sp³-hybridized carbons (Fsp3) is 0.704. The van der Waals surface area contributed by atoms with Gasteiger partial charge >= 0.3 is 28.4 Å². The van der Waals surface area contributed by atoms with Crippen molar-refractivity contribution in [2.45, 2.75) is 523 Å². The van der Waals surface area contributed by atoms with E-state index in [1.54, 1.807) is 13.8 Å². The molecule has 0 aliphatic rings. The smallest absolute Gasteiger partial charge is 0.869 e. The Hall–Kier alpha value is -6.29. The predicted molar refractivity (Wildman–Crippen MR) is 537 cm³/mol. The van der Waals surface area contributed by atoms with Gasteiger partial charge in [-0.15, -0.1) is 23.7 Å². The van der Waals surface area contributed by atoms with E-state index in [1.807, 2.05) is 0 Å². The topological polar surface area (TPSA) is 186 Å². The molecule has 4 aromatic rings. The van der Waals surface area contributed by atoms with Crippen LogP contribution in [0.1, 0.15) is 540 Å². The average Bonchev–Trinajstić information content (AvgIpc) is 0.834. The van der Waals surface area contributed by atoms with Gasteiger partial charge < -0.3 is 30.6 Å². The molecule has 126 heavy (non-hydrogen) atoms. The summed E-state index contributed by atoms with van der Waals surface area (Å²) >= 11 is 0. The maximum Gasteiger partial charge on any atom is 2.00 e. The Morgan fingerprint density at radius 3 is 0.817 bits per heavy atom. The largest absolute Gasteiger partial charge is 2.00 e. The van der Waals surface area contributed by atoms with E-state index in [9.17, 15) is 19.8 Å². The van der Waals surface area contributed by atoms with Gasteiger partial charge in [0.05, 0.1) is 33.9 Å². The number of aromatic hydroxyl groups is 2. The van der Waals surface area contributed by atoms with Crippen LogP contribution < -0.4 is 10.2 Å². The molecule has 0 aromatic heterocycles. The van der Waals surface area contributed by atoms with Crippen molar-refractivity contribution in [2.75, 3.05) is 0 Å². The number of carboxylic acids is 2. The van der Waals surface area contributed by atoms with E-state index in [-0.39, 0.29) is 27.6 Å². The number of aliphatic imine (C=N–C) groups is 2. The summed E-state index contributed by atoms with van der Waals surface area (Å²) in [4.78, 5) is 32.4. The molecule has 4 rings (SSSR count). The molecule has 0 aliphatic heterocycles. The van der Waals surface area contributed by atoms with Crippen molar-refractivity contribution in [1.29, 1.82) is 0 Å². The van der Waals surface area contributed by atoms with Gasteiger partial charge in [0.25, 0.3) is 0 Å². The number of allylic oxidation sites excluding steroid dienone is 2. The van der Waals surface area contributed by atoms with Crippen LogP contribution in [0.15, 0.2) is 94.9 Å². The Morgan fingerprint density at radius 2 is 0.548 bits per heavy atom. The van der Waals surface area contributed by atoms with Gasteiger partial charge in [0.2, 0.25) is 0 Å². The molecule has 0 heterocycles. The number of unbranched alkanes of at least 4 members (excludes halogenated alkanes) is 64. The maximum absolute atomic E-state index is 11.2. The molecule has 0 radical (unpaired) electrons. The summed E-state index contributed by atoms with van der Waals surface area (Å²) < 4.78 is 0. The molecule has 0 saturated carbocycles. The number of aromatic carboxylic acids is 2. The first kappa shape index (κ1) is 118. The van der Waals surface area contributed by atoms with E-state index < -0.39 is 34.9 Å². The van der Waals surface area contributed by atoms with Crippen LogP contribution in [0.4, 0.5) is 11.4 Å². The van der Waals surface area contributed by atoms with Crippen molar-refractivity contribution in [3.05, 3.63) is 118 Å². The van der Waals surface area contributed by atoms with E-state index in [0.717, 1.165) is 87.0 Å². The summed E-state index contributed by atoms with van der Waals surface area (Å²) in [5, 5.41) is 57.7. The van der Waals surface area contributed by atoms with Crippen LogP contribution in [0, 0.1) is 23.7 Å². The van der Waals surface area contributed by atoms with Gasteiger partial charge in [-0.25, -0.2) is 14.6 Å². The third-order valence-electron chi connectivity index (χ3n) is 25.0. The first-order chi connectivity index (χ1) is 61.4. The fourth-order valence-electron chi connectivity index (χ4n) is 16.9. The van der Waals surface area contributed by atoms with Crippen LogP contribution in [0.2, 0.25) is 0 Å². The number of benzene rings is 4. The molecule has 4 N–H and O–H groups in total. The van der Waals surface area contributed by atoms with Crippen LogP contribution in [-0.4, -0.2) is 43.8 Å². The normalized spacial score (nSPS) is 11.4. The van der Waals surface area contributed by atoms with Crippen molar-refractivity contribution in [3.63, 3.8) is 0 Å². The summed E-state index contributed by atoms with van der Waals surface area (Å²) in [5.74, 6) is 9.00. The van der Waals surface area contributed by atoms with Gasteiger partial charge in [0.15, 0.2) is 0 Å². The number of nitrogens with zero attached hydrogens (tertiary/aromatic N) is 2. The third kappa shape index (κ3) is 65.3. The fourth-order valence-corrected chi connectivity index (χ4v) is 16.9. The average molecular weight is 1780 g/mol. The summed E-state index contributed by atoms with van der Waals surface area (Å²) in [6, 6.07) is 23.0. The Bertz CT molecular complexity index is 3390. The second-order valence-corrected chi connectivity index (χ2v) is 36.2. The molecular weight excluding hydrogens is 1600 g/mol. The van der Waals surface area contributed by atoms with Crippen LogP contribution in [0.5, 0.6) is 23.0 Å². The number of phenolic OH excluding ortho intramolecular Hbond substituents is 2. The summed E-state index contributed by atoms with van der Waals surface area (Å²) in [5.41, 5.74) is 7.09. The van der Waals surface area contributed by atoms with Crippen LogP contribution in [-0.2, 0) is 42.2 Å². The molecule has 10 nitrogen and oxygen atoms in total. The van der Waals surface area contributed by atoms with E-state index in [2.05, 4.69) is 112 Å². The van der Waals surface area contributed by atoms with E-state index in [0.29, 0.717) is 24.0 Å². The Morgan fingerprint density at radius 1 is 0.302 bits per heavy atom. The maximum atomic E-state index is 11.2. The number of carbonyl (C=O) groups is 2. The zero-order chi connectivity index (χ0) is 90.4. The Labute approximate surface area is 784 Å². The van der Waals surface area contributed by atoms with E-state index >= 15 is 0 Å².